The number of rotatable bonds is 3. The number of allylic oxidation sites excluding steroid dienone is 1. The van der Waals surface area contributed by atoms with E-state index in [9.17, 15) is 0 Å². The minimum Gasteiger partial charge on any atom is -0.377 e. The summed E-state index contributed by atoms with van der Waals surface area (Å²) < 4.78 is 0. The van der Waals surface area contributed by atoms with Gasteiger partial charge >= 0.3 is 0 Å². The Bertz CT molecular complexity index is 440. The van der Waals surface area contributed by atoms with Crippen LogP contribution in [0.25, 0.3) is 6.08 Å². The third-order valence-corrected chi connectivity index (χ3v) is 3.08. The van der Waals surface area contributed by atoms with E-state index in [1.165, 1.54) is 16.8 Å². The third-order valence-electron chi connectivity index (χ3n) is 3.08. The Balaban J connectivity index is 2.15. The van der Waals surface area contributed by atoms with Gasteiger partial charge in [-0.2, -0.15) is 5.26 Å². The topological polar surface area (TPSA) is 27.0 Å². The molecule has 0 saturated heterocycles. The molecular weight excluding hydrogens is 196 g/mol. The van der Waals surface area contributed by atoms with Crippen LogP contribution in [0.1, 0.15) is 24.0 Å². The number of nitrogens with zero attached hydrogens (tertiary/aromatic N) is 2. The van der Waals surface area contributed by atoms with Crippen molar-refractivity contribution in [1.29, 1.82) is 5.26 Å². The molecule has 2 nitrogen and oxygen atoms in total. The second-order valence-electron chi connectivity index (χ2n) is 4.16. The highest BCUT2D eigenvalue weighted by Gasteiger charge is 2.12. The fourth-order valence-electron chi connectivity index (χ4n) is 2.08. The highest BCUT2D eigenvalue weighted by Crippen LogP contribution is 2.25. The molecule has 1 aromatic rings. The number of benzene rings is 1. The van der Waals surface area contributed by atoms with Crippen LogP contribution in [0.3, 0.4) is 0 Å². The molecule has 1 aliphatic rings. The van der Waals surface area contributed by atoms with Gasteiger partial charge in [0, 0.05) is 19.3 Å². The quantitative estimate of drug-likeness (QED) is 0.770. The van der Waals surface area contributed by atoms with Gasteiger partial charge < -0.3 is 4.90 Å². The molecule has 0 N–H and O–H groups in total. The number of hydrogen-bond donors (Lipinski definition) is 0. The Kier molecular flexibility index (Phi) is 3.26. The fraction of sp³-hybridized carbons (Fsp3) is 0.357. The Hall–Kier alpha value is -1.75. The highest BCUT2D eigenvalue weighted by molar-refractivity contribution is 5.59. The largest absolute Gasteiger partial charge is 0.377 e. The van der Waals surface area contributed by atoms with Crippen LogP contribution in [0.2, 0.25) is 0 Å². The van der Waals surface area contributed by atoms with E-state index in [-0.39, 0.29) is 0 Å². The van der Waals surface area contributed by atoms with Gasteiger partial charge in [0.1, 0.15) is 0 Å². The predicted molar refractivity (Wildman–Crippen MR) is 65.6 cm³/mol. The lowest BCUT2D eigenvalue weighted by Crippen LogP contribution is -2.20. The molecule has 0 aromatic heterocycles. The Morgan fingerprint density at radius 3 is 2.94 bits per heavy atom. The molecule has 1 aliphatic carbocycles. The zero-order chi connectivity index (χ0) is 11.4. The summed E-state index contributed by atoms with van der Waals surface area (Å²) in [6, 6.07) is 10.7. The second-order valence-corrected chi connectivity index (χ2v) is 4.16. The normalized spacial score (nSPS) is 13.6. The van der Waals surface area contributed by atoms with Crippen molar-refractivity contribution in [2.75, 3.05) is 13.6 Å². The summed E-state index contributed by atoms with van der Waals surface area (Å²) >= 11 is 0. The van der Waals surface area contributed by atoms with Crippen LogP contribution in [0.5, 0.6) is 0 Å². The standard InChI is InChI=1S/C14H16N2/c1-16(10-4-9-15)14-8-7-12-5-2-3-6-13(12)11-14/h2-3,5-6,11H,4,7-8,10H2,1H3. The lowest BCUT2D eigenvalue weighted by atomic mass is 9.95. The second kappa shape index (κ2) is 4.85. The van der Waals surface area contributed by atoms with Crippen LogP contribution in [-0.2, 0) is 6.42 Å². The summed E-state index contributed by atoms with van der Waals surface area (Å²) in [7, 11) is 2.07. The smallest absolute Gasteiger partial charge is 0.0640 e. The maximum absolute atomic E-state index is 8.58. The van der Waals surface area contributed by atoms with Gasteiger partial charge in [-0.3, -0.25) is 0 Å². The number of hydrogen-bond acceptors (Lipinski definition) is 2. The molecule has 0 heterocycles. The van der Waals surface area contributed by atoms with Crippen LogP contribution >= 0.6 is 0 Å². The van der Waals surface area contributed by atoms with Crippen LogP contribution in [-0.4, -0.2) is 18.5 Å². The van der Waals surface area contributed by atoms with E-state index in [0.717, 1.165) is 19.4 Å². The number of nitriles is 1. The van der Waals surface area contributed by atoms with Crippen molar-refractivity contribution < 1.29 is 0 Å². The van der Waals surface area contributed by atoms with Gasteiger partial charge in [0.25, 0.3) is 0 Å². The molecule has 0 radical (unpaired) electrons. The summed E-state index contributed by atoms with van der Waals surface area (Å²) in [6.07, 6.45) is 5.03. The van der Waals surface area contributed by atoms with E-state index in [0.29, 0.717) is 6.42 Å². The van der Waals surface area contributed by atoms with Crippen molar-refractivity contribution in [2.45, 2.75) is 19.3 Å². The third kappa shape index (κ3) is 2.25. The Morgan fingerprint density at radius 2 is 2.12 bits per heavy atom. The van der Waals surface area contributed by atoms with Crippen molar-refractivity contribution in [3.8, 4) is 6.07 Å². The first-order chi connectivity index (χ1) is 7.81. The molecule has 0 atom stereocenters. The maximum Gasteiger partial charge on any atom is 0.0640 e. The Labute approximate surface area is 96.8 Å². The lowest BCUT2D eigenvalue weighted by Gasteiger charge is -2.25. The average Bonchev–Trinajstić information content (AvgIpc) is 2.35. The number of aryl methyl sites for hydroxylation is 1. The SMILES string of the molecule is CN(CCC#N)C1=Cc2ccccc2CC1. The predicted octanol–water partition coefficient (Wildman–Crippen LogP) is 2.82. The van der Waals surface area contributed by atoms with E-state index in [1.807, 2.05) is 0 Å². The van der Waals surface area contributed by atoms with Gasteiger partial charge in [0.15, 0.2) is 0 Å². The van der Waals surface area contributed by atoms with E-state index >= 15 is 0 Å². The lowest BCUT2D eigenvalue weighted by molar-refractivity contribution is 0.412. The molecule has 2 rings (SSSR count). The van der Waals surface area contributed by atoms with Crippen LogP contribution in [0, 0.1) is 11.3 Å². The summed E-state index contributed by atoms with van der Waals surface area (Å²) in [6.45, 7) is 0.824. The molecule has 16 heavy (non-hydrogen) atoms. The molecular formula is C14H16N2. The van der Waals surface area contributed by atoms with Gasteiger partial charge in [-0.15, -0.1) is 0 Å². The summed E-state index contributed by atoms with van der Waals surface area (Å²) in [5, 5.41) is 8.58. The molecule has 0 spiro atoms. The van der Waals surface area contributed by atoms with Gasteiger partial charge in [-0.25, -0.2) is 0 Å². The molecule has 82 valence electrons. The highest BCUT2D eigenvalue weighted by atomic mass is 15.1. The zero-order valence-corrected chi connectivity index (χ0v) is 9.61. The minimum atomic E-state index is 0.593. The van der Waals surface area contributed by atoms with Crippen LogP contribution < -0.4 is 0 Å². The molecule has 0 bridgehead atoms. The molecule has 0 amide bonds. The van der Waals surface area contributed by atoms with Crippen LogP contribution in [0.4, 0.5) is 0 Å². The first-order valence-electron chi connectivity index (χ1n) is 5.68. The van der Waals surface area contributed by atoms with Crippen LogP contribution in [0.15, 0.2) is 30.0 Å². The molecule has 0 fully saturated rings. The van der Waals surface area contributed by atoms with Gasteiger partial charge in [-0.05, 0) is 30.0 Å². The monoisotopic (exact) mass is 212 g/mol. The van der Waals surface area contributed by atoms with Crippen molar-refractivity contribution in [1.82, 2.24) is 4.90 Å². The molecule has 0 unspecified atom stereocenters. The van der Waals surface area contributed by atoms with Crippen molar-refractivity contribution >= 4 is 6.08 Å². The van der Waals surface area contributed by atoms with Crippen molar-refractivity contribution in [3.05, 3.63) is 41.1 Å². The summed E-state index contributed by atoms with van der Waals surface area (Å²) in [4.78, 5) is 2.19. The van der Waals surface area contributed by atoms with E-state index in [2.05, 4.69) is 48.4 Å². The zero-order valence-electron chi connectivity index (χ0n) is 9.61. The van der Waals surface area contributed by atoms with E-state index in [4.69, 9.17) is 5.26 Å². The first kappa shape index (κ1) is 10.8. The fourth-order valence-corrected chi connectivity index (χ4v) is 2.08. The van der Waals surface area contributed by atoms with Crippen molar-refractivity contribution in [2.24, 2.45) is 0 Å². The first-order valence-corrected chi connectivity index (χ1v) is 5.68. The van der Waals surface area contributed by atoms with Gasteiger partial charge in [0.05, 0.1) is 12.5 Å². The molecule has 1 aromatic carbocycles. The van der Waals surface area contributed by atoms with E-state index in [1.54, 1.807) is 0 Å². The summed E-state index contributed by atoms with van der Waals surface area (Å²) in [5.74, 6) is 0. The molecule has 0 saturated carbocycles. The Morgan fingerprint density at radius 1 is 1.31 bits per heavy atom. The van der Waals surface area contributed by atoms with Gasteiger partial charge in [-0.1, -0.05) is 24.3 Å². The molecule has 0 aliphatic heterocycles. The van der Waals surface area contributed by atoms with Gasteiger partial charge in [0.2, 0.25) is 0 Å². The summed E-state index contributed by atoms with van der Waals surface area (Å²) in [5.41, 5.74) is 4.10. The minimum absolute atomic E-state index is 0.593. The van der Waals surface area contributed by atoms with E-state index < -0.39 is 0 Å². The maximum atomic E-state index is 8.58. The van der Waals surface area contributed by atoms with Crippen molar-refractivity contribution in [3.63, 3.8) is 0 Å². The average molecular weight is 212 g/mol. The number of fused-ring (bicyclic) bond motifs is 1. The molecule has 2 heteroatoms.